The Labute approximate surface area is 131 Å². The molecule has 0 saturated heterocycles. The molecule has 1 aliphatic carbocycles. The molecule has 2 rings (SSSR count). The molecule has 112 valence electrons. The van der Waals surface area contributed by atoms with Crippen LogP contribution >= 0.6 is 15.9 Å². The van der Waals surface area contributed by atoms with Crippen LogP contribution in [0.3, 0.4) is 0 Å². The summed E-state index contributed by atoms with van der Waals surface area (Å²) in [5.41, 5.74) is 1.43. The summed E-state index contributed by atoms with van der Waals surface area (Å²) in [6.45, 7) is 0. The molecule has 0 spiro atoms. The fourth-order valence-corrected chi connectivity index (χ4v) is 3.80. The Morgan fingerprint density at radius 3 is 2.50 bits per heavy atom. The van der Waals surface area contributed by atoms with E-state index in [-0.39, 0.29) is 5.54 Å². The van der Waals surface area contributed by atoms with Crippen LogP contribution in [-0.2, 0) is 6.42 Å². The average Bonchev–Trinajstić information content (AvgIpc) is 2.47. The SMILES string of the molecule is CNC(Cc1ccc(Br)cn1)C1(N(C)C)CCCCC1. The van der Waals surface area contributed by atoms with Gasteiger partial charge in [0.15, 0.2) is 0 Å². The second-order valence-corrected chi connectivity index (χ2v) is 6.99. The molecule has 0 aliphatic heterocycles. The van der Waals surface area contributed by atoms with Gasteiger partial charge in [-0.05, 0) is 62.0 Å². The van der Waals surface area contributed by atoms with E-state index in [9.17, 15) is 0 Å². The minimum Gasteiger partial charge on any atom is -0.315 e. The number of rotatable bonds is 5. The van der Waals surface area contributed by atoms with E-state index in [0.717, 1.165) is 10.9 Å². The van der Waals surface area contributed by atoms with Gasteiger partial charge in [-0.3, -0.25) is 4.98 Å². The minimum absolute atomic E-state index is 0.266. The molecule has 20 heavy (non-hydrogen) atoms. The molecule has 1 saturated carbocycles. The van der Waals surface area contributed by atoms with E-state index < -0.39 is 0 Å². The summed E-state index contributed by atoms with van der Waals surface area (Å²) in [6.07, 6.45) is 9.49. The van der Waals surface area contributed by atoms with E-state index in [4.69, 9.17) is 0 Å². The van der Waals surface area contributed by atoms with Crippen molar-refractivity contribution >= 4 is 15.9 Å². The van der Waals surface area contributed by atoms with E-state index in [2.05, 4.69) is 64.4 Å². The Balaban J connectivity index is 2.18. The van der Waals surface area contributed by atoms with E-state index in [1.807, 2.05) is 6.20 Å². The first-order valence-corrected chi connectivity index (χ1v) is 8.33. The highest BCUT2D eigenvalue weighted by Gasteiger charge is 2.41. The first-order chi connectivity index (χ1) is 9.58. The van der Waals surface area contributed by atoms with Crippen molar-refractivity contribution in [2.75, 3.05) is 21.1 Å². The van der Waals surface area contributed by atoms with Gasteiger partial charge in [0.05, 0.1) is 0 Å². The Morgan fingerprint density at radius 1 is 1.30 bits per heavy atom. The Morgan fingerprint density at radius 2 is 2.00 bits per heavy atom. The number of hydrogen-bond acceptors (Lipinski definition) is 3. The first-order valence-electron chi connectivity index (χ1n) is 7.53. The molecule has 1 atom stereocenters. The molecular formula is C16H26BrN3. The molecule has 0 bridgehead atoms. The topological polar surface area (TPSA) is 28.2 Å². The fraction of sp³-hybridized carbons (Fsp3) is 0.688. The third-order valence-electron chi connectivity index (χ3n) is 4.81. The summed E-state index contributed by atoms with van der Waals surface area (Å²) in [4.78, 5) is 6.98. The minimum atomic E-state index is 0.266. The Kier molecular flexibility index (Phi) is 5.58. The van der Waals surface area contributed by atoms with E-state index in [1.165, 1.54) is 37.8 Å². The number of aromatic nitrogens is 1. The zero-order chi connectivity index (χ0) is 14.6. The van der Waals surface area contributed by atoms with Crippen LogP contribution in [0.1, 0.15) is 37.8 Å². The normalized spacial score (nSPS) is 20.1. The quantitative estimate of drug-likeness (QED) is 0.892. The second-order valence-electron chi connectivity index (χ2n) is 6.07. The summed E-state index contributed by atoms with van der Waals surface area (Å²) < 4.78 is 1.04. The maximum atomic E-state index is 4.55. The van der Waals surface area contributed by atoms with Gasteiger partial charge in [0.1, 0.15) is 0 Å². The molecule has 3 nitrogen and oxygen atoms in total. The van der Waals surface area contributed by atoms with Crippen molar-refractivity contribution in [1.29, 1.82) is 0 Å². The van der Waals surface area contributed by atoms with Crippen LogP contribution in [0.25, 0.3) is 0 Å². The van der Waals surface area contributed by atoms with E-state index in [1.54, 1.807) is 0 Å². The molecule has 4 heteroatoms. The van der Waals surface area contributed by atoms with Crippen LogP contribution in [0.2, 0.25) is 0 Å². The predicted octanol–water partition coefficient (Wildman–Crippen LogP) is 3.24. The molecular weight excluding hydrogens is 314 g/mol. The van der Waals surface area contributed by atoms with Crippen molar-refractivity contribution < 1.29 is 0 Å². The zero-order valence-corrected chi connectivity index (χ0v) is 14.4. The highest BCUT2D eigenvalue weighted by molar-refractivity contribution is 9.10. The molecule has 0 amide bonds. The maximum absolute atomic E-state index is 4.55. The van der Waals surface area contributed by atoms with Crippen LogP contribution < -0.4 is 5.32 Å². The summed E-state index contributed by atoms with van der Waals surface area (Å²) in [5, 5.41) is 3.56. The standard InChI is InChI=1S/C16H26BrN3/c1-18-15(11-14-8-7-13(17)12-19-14)16(20(2)3)9-5-4-6-10-16/h7-8,12,15,18H,4-6,9-11H2,1-3H3. The van der Waals surface area contributed by atoms with Crippen molar-refractivity contribution in [3.63, 3.8) is 0 Å². The molecule has 1 aromatic rings. The number of nitrogens with one attached hydrogen (secondary N) is 1. The number of halogens is 1. The third kappa shape index (κ3) is 3.41. The van der Waals surface area contributed by atoms with Gasteiger partial charge in [-0.25, -0.2) is 0 Å². The van der Waals surface area contributed by atoms with Crippen molar-refractivity contribution in [2.45, 2.75) is 50.1 Å². The van der Waals surface area contributed by atoms with E-state index in [0.29, 0.717) is 6.04 Å². The Bertz CT molecular complexity index is 410. The lowest BCUT2D eigenvalue weighted by Gasteiger charge is -2.48. The number of pyridine rings is 1. The predicted molar refractivity (Wildman–Crippen MR) is 88.0 cm³/mol. The summed E-state index contributed by atoms with van der Waals surface area (Å²) in [5.74, 6) is 0. The molecule has 1 unspecified atom stereocenters. The number of nitrogens with zero attached hydrogens (tertiary/aromatic N) is 2. The van der Waals surface area contributed by atoms with Crippen molar-refractivity contribution in [2.24, 2.45) is 0 Å². The monoisotopic (exact) mass is 339 g/mol. The molecule has 1 aromatic heterocycles. The molecule has 1 fully saturated rings. The van der Waals surface area contributed by atoms with Gasteiger partial charge in [0.25, 0.3) is 0 Å². The number of likely N-dealkylation sites (N-methyl/N-ethyl adjacent to an activating group) is 2. The summed E-state index contributed by atoms with van der Waals surface area (Å²) in [6, 6.07) is 4.66. The van der Waals surface area contributed by atoms with Gasteiger partial charge >= 0.3 is 0 Å². The highest BCUT2D eigenvalue weighted by Crippen LogP contribution is 2.36. The highest BCUT2D eigenvalue weighted by atomic mass is 79.9. The van der Waals surface area contributed by atoms with Crippen molar-refractivity contribution in [3.05, 3.63) is 28.5 Å². The van der Waals surface area contributed by atoms with Crippen LogP contribution in [0.15, 0.2) is 22.8 Å². The van der Waals surface area contributed by atoms with E-state index >= 15 is 0 Å². The molecule has 0 aromatic carbocycles. The molecule has 0 radical (unpaired) electrons. The molecule has 1 aliphatic rings. The summed E-state index contributed by atoms with van der Waals surface area (Å²) in [7, 11) is 6.54. The zero-order valence-electron chi connectivity index (χ0n) is 12.8. The van der Waals surface area contributed by atoms with Gasteiger partial charge < -0.3 is 10.2 Å². The summed E-state index contributed by atoms with van der Waals surface area (Å²) >= 11 is 3.45. The van der Waals surface area contributed by atoms with Crippen LogP contribution in [0, 0.1) is 0 Å². The average molecular weight is 340 g/mol. The first kappa shape index (κ1) is 15.9. The largest absolute Gasteiger partial charge is 0.315 e. The van der Waals surface area contributed by atoms with Crippen LogP contribution in [0.4, 0.5) is 0 Å². The number of hydrogen-bond donors (Lipinski definition) is 1. The van der Waals surface area contributed by atoms with Crippen LogP contribution in [0.5, 0.6) is 0 Å². The molecule has 1 N–H and O–H groups in total. The van der Waals surface area contributed by atoms with Gasteiger partial charge in [0.2, 0.25) is 0 Å². The lowest BCUT2D eigenvalue weighted by Crippen LogP contribution is -2.60. The van der Waals surface area contributed by atoms with Crippen LogP contribution in [-0.4, -0.2) is 42.6 Å². The van der Waals surface area contributed by atoms with Crippen molar-refractivity contribution in [3.8, 4) is 0 Å². The smallest absolute Gasteiger partial charge is 0.0420 e. The lowest BCUT2D eigenvalue weighted by molar-refractivity contribution is 0.0595. The van der Waals surface area contributed by atoms with Gasteiger partial charge in [0, 0.05) is 34.4 Å². The van der Waals surface area contributed by atoms with Crippen molar-refractivity contribution in [1.82, 2.24) is 15.2 Å². The van der Waals surface area contributed by atoms with Gasteiger partial charge in [-0.2, -0.15) is 0 Å². The fourth-order valence-electron chi connectivity index (χ4n) is 3.57. The Hall–Kier alpha value is -0.450. The molecule has 1 heterocycles. The van der Waals surface area contributed by atoms with Gasteiger partial charge in [-0.15, -0.1) is 0 Å². The maximum Gasteiger partial charge on any atom is 0.0420 e. The van der Waals surface area contributed by atoms with Gasteiger partial charge in [-0.1, -0.05) is 19.3 Å². The second kappa shape index (κ2) is 7.01. The third-order valence-corrected chi connectivity index (χ3v) is 5.28. The lowest BCUT2D eigenvalue weighted by atomic mass is 9.74.